The molecule has 0 saturated heterocycles. The SMILES string of the molecule is CCOc1ccc(NC(=O)c2cc(=O)[nH]c(CSC)n2)cc1. The maximum atomic E-state index is 12.2. The smallest absolute Gasteiger partial charge is 0.274 e. The molecule has 1 aromatic carbocycles. The van der Waals surface area contributed by atoms with E-state index in [0.717, 1.165) is 5.75 Å². The highest BCUT2D eigenvalue weighted by Gasteiger charge is 2.10. The van der Waals surface area contributed by atoms with Crippen LogP contribution >= 0.6 is 11.8 Å². The van der Waals surface area contributed by atoms with E-state index < -0.39 is 5.91 Å². The summed E-state index contributed by atoms with van der Waals surface area (Å²) in [5, 5.41) is 2.71. The van der Waals surface area contributed by atoms with Gasteiger partial charge < -0.3 is 15.0 Å². The van der Waals surface area contributed by atoms with Gasteiger partial charge in [-0.15, -0.1) is 0 Å². The Morgan fingerprint density at radius 3 is 2.73 bits per heavy atom. The number of rotatable bonds is 6. The number of carbonyl (C=O) groups excluding carboxylic acids is 1. The van der Waals surface area contributed by atoms with Gasteiger partial charge in [-0.05, 0) is 37.4 Å². The zero-order valence-corrected chi connectivity index (χ0v) is 13.2. The first-order chi connectivity index (χ1) is 10.6. The lowest BCUT2D eigenvalue weighted by Crippen LogP contribution is -2.20. The van der Waals surface area contributed by atoms with E-state index in [1.165, 1.54) is 17.8 Å². The van der Waals surface area contributed by atoms with E-state index in [0.29, 0.717) is 23.9 Å². The lowest BCUT2D eigenvalue weighted by molar-refractivity contribution is 0.102. The number of aromatic amines is 1. The number of ether oxygens (including phenoxy) is 1. The van der Waals surface area contributed by atoms with Crippen molar-refractivity contribution >= 4 is 23.4 Å². The van der Waals surface area contributed by atoms with Crippen LogP contribution < -0.4 is 15.6 Å². The Morgan fingerprint density at radius 1 is 1.36 bits per heavy atom. The number of thioether (sulfide) groups is 1. The van der Waals surface area contributed by atoms with Crippen molar-refractivity contribution in [1.29, 1.82) is 0 Å². The number of nitrogens with one attached hydrogen (secondary N) is 2. The van der Waals surface area contributed by atoms with Gasteiger partial charge in [-0.25, -0.2) is 4.98 Å². The third kappa shape index (κ3) is 4.36. The minimum Gasteiger partial charge on any atom is -0.494 e. The van der Waals surface area contributed by atoms with Crippen LogP contribution in [0.25, 0.3) is 0 Å². The van der Waals surface area contributed by atoms with E-state index in [1.54, 1.807) is 24.3 Å². The number of hydrogen-bond donors (Lipinski definition) is 2. The molecule has 1 aromatic heterocycles. The van der Waals surface area contributed by atoms with Crippen LogP contribution in [0.1, 0.15) is 23.2 Å². The number of hydrogen-bond acceptors (Lipinski definition) is 5. The molecule has 0 unspecified atom stereocenters. The third-order valence-electron chi connectivity index (χ3n) is 2.73. The van der Waals surface area contributed by atoms with Crippen LogP contribution in [0.2, 0.25) is 0 Å². The van der Waals surface area contributed by atoms with Gasteiger partial charge in [0.15, 0.2) is 0 Å². The Morgan fingerprint density at radius 2 is 2.09 bits per heavy atom. The molecule has 2 N–H and O–H groups in total. The molecule has 0 fully saturated rings. The van der Waals surface area contributed by atoms with Crippen LogP contribution in [0.4, 0.5) is 5.69 Å². The van der Waals surface area contributed by atoms with Crippen LogP contribution in [-0.4, -0.2) is 28.7 Å². The van der Waals surface area contributed by atoms with Crippen LogP contribution in [-0.2, 0) is 5.75 Å². The highest BCUT2D eigenvalue weighted by atomic mass is 32.2. The van der Waals surface area contributed by atoms with Gasteiger partial charge in [-0.2, -0.15) is 11.8 Å². The molecule has 2 rings (SSSR count). The molecule has 22 heavy (non-hydrogen) atoms. The van der Waals surface area contributed by atoms with Crippen molar-refractivity contribution in [3.8, 4) is 5.75 Å². The summed E-state index contributed by atoms with van der Waals surface area (Å²) < 4.78 is 5.34. The van der Waals surface area contributed by atoms with Gasteiger partial charge in [-0.3, -0.25) is 9.59 Å². The van der Waals surface area contributed by atoms with Crippen molar-refractivity contribution in [2.75, 3.05) is 18.2 Å². The van der Waals surface area contributed by atoms with Gasteiger partial charge in [0.25, 0.3) is 11.5 Å². The highest BCUT2D eigenvalue weighted by molar-refractivity contribution is 7.97. The van der Waals surface area contributed by atoms with Gasteiger partial charge in [0.2, 0.25) is 0 Å². The maximum absolute atomic E-state index is 12.2. The summed E-state index contributed by atoms with van der Waals surface area (Å²) in [5.74, 6) is 1.34. The van der Waals surface area contributed by atoms with Crippen molar-refractivity contribution in [3.63, 3.8) is 0 Å². The van der Waals surface area contributed by atoms with E-state index >= 15 is 0 Å². The van der Waals surface area contributed by atoms with Crippen molar-refractivity contribution < 1.29 is 9.53 Å². The molecular formula is C15H17N3O3S. The molecule has 6 nitrogen and oxygen atoms in total. The van der Waals surface area contributed by atoms with Gasteiger partial charge in [0.05, 0.1) is 12.4 Å². The molecule has 7 heteroatoms. The first-order valence-electron chi connectivity index (χ1n) is 6.75. The molecule has 2 aromatic rings. The van der Waals surface area contributed by atoms with Gasteiger partial charge in [0.1, 0.15) is 17.3 Å². The van der Waals surface area contributed by atoms with E-state index in [1.807, 2.05) is 13.2 Å². The van der Waals surface area contributed by atoms with E-state index in [9.17, 15) is 9.59 Å². The number of aromatic nitrogens is 2. The summed E-state index contributed by atoms with van der Waals surface area (Å²) in [4.78, 5) is 30.5. The second-order valence-electron chi connectivity index (χ2n) is 4.42. The molecular weight excluding hydrogens is 302 g/mol. The Bertz CT molecular complexity index is 698. The average Bonchev–Trinajstić information content (AvgIpc) is 2.49. The van der Waals surface area contributed by atoms with Crippen LogP contribution in [0, 0.1) is 0 Å². The van der Waals surface area contributed by atoms with Crippen molar-refractivity contribution in [2.24, 2.45) is 0 Å². The normalized spacial score (nSPS) is 10.3. The van der Waals surface area contributed by atoms with Crippen LogP contribution in [0.3, 0.4) is 0 Å². The van der Waals surface area contributed by atoms with Crippen molar-refractivity contribution in [1.82, 2.24) is 9.97 Å². The number of carbonyl (C=O) groups is 1. The molecule has 0 spiro atoms. The number of amides is 1. The van der Waals surface area contributed by atoms with Crippen molar-refractivity contribution in [3.05, 3.63) is 52.2 Å². The molecule has 0 radical (unpaired) electrons. The Balaban J connectivity index is 2.13. The summed E-state index contributed by atoms with van der Waals surface area (Å²) in [5.41, 5.74) is 0.375. The first-order valence-corrected chi connectivity index (χ1v) is 8.15. The van der Waals surface area contributed by atoms with E-state index in [2.05, 4.69) is 15.3 Å². The van der Waals surface area contributed by atoms with E-state index in [-0.39, 0.29) is 11.3 Å². The second kappa shape index (κ2) is 7.65. The quantitative estimate of drug-likeness (QED) is 0.853. The van der Waals surface area contributed by atoms with Crippen LogP contribution in [0.5, 0.6) is 5.75 Å². The predicted octanol–water partition coefficient (Wildman–Crippen LogP) is 2.28. The Kier molecular flexibility index (Phi) is 5.60. The number of nitrogens with zero attached hydrogens (tertiary/aromatic N) is 1. The summed E-state index contributed by atoms with van der Waals surface area (Å²) in [7, 11) is 0. The molecule has 0 atom stereocenters. The minimum absolute atomic E-state index is 0.0988. The lowest BCUT2D eigenvalue weighted by Gasteiger charge is -2.07. The van der Waals surface area contributed by atoms with Gasteiger partial charge >= 0.3 is 0 Å². The first kappa shape index (κ1) is 16.1. The molecule has 0 aliphatic heterocycles. The molecule has 1 amide bonds. The van der Waals surface area contributed by atoms with Crippen molar-refractivity contribution in [2.45, 2.75) is 12.7 Å². The number of benzene rings is 1. The third-order valence-corrected chi connectivity index (χ3v) is 3.29. The molecule has 0 saturated carbocycles. The lowest BCUT2D eigenvalue weighted by atomic mass is 10.3. The summed E-state index contributed by atoms with van der Waals surface area (Å²) in [6.45, 7) is 2.49. The Labute approximate surface area is 132 Å². The van der Waals surface area contributed by atoms with Crippen LogP contribution in [0.15, 0.2) is 35.1 Å². The standard InChI is InChI=1S/C15H17N3O3S/c1-3-21-11-6-4-10(5-7-11)16-15(20)12-8-14(19)18-13(17-12)9-22-2/h4-8H,3,9H2,1-2H3,(H,16,20)(H,17,18,19). The van der Waals surface area contributed by atoms with Gasteiger partial charge in [-0.1, -0.05) is 0 Å². The number of anilines is 1. The monoisotopic (exact) mass is 319 g/mol. The molecule has 116 valence electrons. The fraction of sp³-hybridized carbons (Fsp3) is 0.267. The predicted molar refractivity (Wildman–Crippen MR) is 87.6 cm³/mol. The largest absolute Gasteiger partial charge is 0.494 e. The number of H-pyrrole nitrogens is 1. The molecule has 0 aliphatic rings. The zero-order chi connectivity index (χ0) is 15.9. The van der Waals surface area contributed by atoms with E-state index in [4.69, 9.17) is 4.74 Å². The Hall–Kier alpha value is -2.28. The topological polar surface area (TPSA) is 84.1 Å². The fourth-order valence-corrected chi connectivity index (χ4v) is 2.24. The second-order valence-corrected chi connectivity index (χ2v) is 5.29. The molecule has 0 bridgehead atoms. The summed E-state index contributed by atoms with van der Waals surface area (Å²) in [6.07, 6.45) is 1.90. The fourth-order valence-electron chi connectivity index (χ4n) is 1.83. The molecule has 0 aliphatic carbocycles. The molecule has 1 heterocycles. The average molecular weight is 319 g/mol. The highest BCUT2D eigenvalue weighted by Crippen LogP contribution is 2.16. The minimum atomic E-state index is -0.419. The zero-order valence-electron chi connectivity index (χ0n) is 12.4. The van der Waals surface area contributed by atoms with Gasteiger partial charge in [0, 0.05) is 11.8 Å². The maximum Gasteiger partial charge on any atom is 0.274 e. The summed E-state index contributed by atoms with van der Waals surface area (Å²) >= 11 is 1.52. The summed E-state index contributed by atoms with van der Waals surface area (Å²) in [6, 6.07) is 8.19.